The van der Waals surface area contributed by atoms with E-state index in [1.54, 1.807) is 12.5 Å². The number of carbonyl (C=O) groups is 1. The van der Waals surface area contributed by atoms with Crippen molar-refractivity contribution >= 4 is 22.6 Å². The molecule has 1 saturated heterocycles. The van der Waals surface area contributed by atoms with Gasteiger partial charge in [-0.1, -0.05) is 6.07 Å². The summed E-state index contributed by atoms with van der Waals surface area (Å²) < 4.78 is 8.13. The first-order chi connectivity index (χ1) is 12.7. The molecule has 0 unspecified atom stereocenters. The van der Waals surface area contributed by atoms with Crippen LogP contribution in [-0.4, -0.2) is 39.6 Å². The number of benzene rings is 1. The van der Waals surface area contributed by atoms with Crippen LogP contribution in [-0.2, 0) is 11.3 Å². The molecule has 0 saturated carbocycles. The van der Waals surface area contributed by atoms with Gasteiger partial charge in [0.05, 0.1) is 5.52 Å². The monoisotopic (exact) mass is 351 g/mol. The number of carbonyl (C=O) groups excluding carboxylic acids is 1. The van der Waals surface area contributed by atoms with E-state index in [-0.39, 0.29) is 18.6 Å². The summed E-state index contributed by atoms with van der Waals surface area (Å²) >= 11 is 0. The summed E-state index contributed by atoms with van der Waals surface area (Å²) in [7, 11) is 0. The standard InChI is InChI=1S/C19H21N5O2/c20-18(25)12-24-11-7-15-16(24)2-1-3-17(15)26-14-5-9-23(10-6-14)19-4-8-21-13-22-19/h1-4,7-8,11,13-14H,5-6,9-10,12H2,(H2,20,25). The predicted octanol–water partition coefficient (Wildman–Crippen LogP) is 1.96. The molecule has 2 N–H and O–H groups in total. The minimum absolute atomic E-state index is 0.165. The zero-order valence-electron chi connectivity index (χ0n) is 14.4. The molecule has 134 valence electrons. The third-order valence-electron chi connectivity index (χ3n) is 4.73. The first-order valence-electron chi connectivity index (χ1n) is 8.74. The molecule has 7 nitrogen and oxygen atoms in total. The van der Waals surface area contributed by atoms with E-state index >= 15 is 0 Å². The number of primary amides is 1. The molecule has 1 aromatic carbocycles. The fourth-order valence-corrected chi connectivity index (χ4v) is 3.46. The number of fused-ring (bicyclic) bond motifs is 1. The van der Waals surface area contributed by atoms with Gasteiger partial charge in [-0.15, -0.1) is 0 Å². The Kier molecular flexibility index (Phi) is 4.43. The number of anilines is 1. The van der Waals surface area contributed by atoms with E-state index in [0.717, 1.165) is 48.4 Å². The van der Waals surface area contributed by atoms with Crippen LogP contribution in [0.25, 0.3) is 10.9 Å². The fraction of sp³-hybridized carbons (Fsp3) is 0.316. The second kappa shape index (κ2) is 7.03. The second-order valence-electron chi connectivity index (χ2n) is 6.47. The van der Waals surface area contributed by atoms with Gasteiger partial charge >= 0.3 is 0 Å². The highest BCUT2D eigenvalue weighted by atomic mass is 16.5. The van der Waals surface area contributed by atoms with Crippen molar-refractivity contribution in [1.29, 1.82) is 0 Å². The van der Waals surface area contributed by atoms with Crippen LogP contribution in [0.5, 0.6) is 5.75 Å². The van der Waals surface area contributed by atoms with Gasteiger partial charge in [-0.2, -0.15) is 0 Å². The number of hydrogen-bond donors (Lipinski definition) is 1. The van der Waals surface area contributed by atoms with E-state index in [2.05, 4.69) is 14.9 Å². The van der Waals surface area contributed by atoms with Crippen LogP contribution in [0.15, 0.2) is 49.1 Å². The van der Waals surface area contributed by atoms with Crippen molar-refractivity contribution in [3.8, 4) is 5.75 Å². The van der Waals surface area contributed by atoms with Crippen molar-refractivity contribution in [1.82, 2.24) is 14.5 Å². The van der Waals surface area contributed by atoms with Gasteiger partial charge in [-0.3, -0.25) is 4.79 Å². The molecule has 26 heavy (non-hydrogen) atoms. The van der Waals surface area contributed by atoms with Gasteiger partial charge in [0.15, 0.2) is 0 Å². The Labute approximate surface area is 151 Å². The molecular weight excluding hydrogens is 330 g/mol. The Balaban J connectivity index is 1.45. The molecule has 0 radical (unpaired) electrons. The first kappa shape index (κ1) is 16.4. The van der Waals surface area contributed by atoms with Crippen LogP contribution in [0, 0.1) is 0 Å². The largest absolute Gasteiger partial charge is 0.490 e. The zero-order valence-corrected chi connectivity index (χ0v) is 14.4. The third-order valence-corrected chi connectivity index (χ3v) is 4.73. The Morgan fingerprint density at radius 1 is 1.23 bits per heavy atom. The van der Waals surface area contributed by atoms with Crippen LogP contribution in [0.3, 0.4) is 0 Å². The van der Waals surface area contributed by atoms with E-state index < -0.39 is 0 Å². The van der Waals surface area contributed by atoms with Crippen LogP contribution in [0.4, 0.5) is 5.82 Å². The number of aromatic nitrogens is 3. The molecule has 3 heterocycles. The van der Waals surface area contributed by atoms with Crippen LogP contribution in [0.2, 0.25) is 0 Å². The lowest BCUT2D eigenvalue weighted by Gasteiger charge is -2.32. The summed E-state index contributed by atoms with van der Waals surface area (Å²) in [5, 5.41) is 1.01. The molecule has 0 bridgehead atoms. The van der Waals surface area contributed by atoms with E-state index in [4.69, 9.17) is 10.5 Å². The summed E-state index contributed by atoms with van der Waals surface area (Å²) in [4.78, 5) is 21.8. The predicted molar refractivity (Wildman–Crippen MR) is 99.0 cm³/mol. The second-order valence-corrected chi connectivity index (χ2v) is 6.47. The molecule has 0 atom stereocenters. The number of nitrogens with two attached hydrogens (primary N) is 1. The summed E-state index contributed by atoms with van der Waals surface area (Å²) in [5.74, 6) is 1.46. The van der Waals surface area contributed by atoms with Crippen molar-refractivity contribution in [2.45, 2.75) is 25.5 Å². The highest BCUT2D eigenvalue weighted by molar-refractivity contribution is 5.87. The Hall–Kier alpha value is -3.09. The van der Waals surface area contributed by atoms with Crippen molar-refractivity contribution < 1.29 is 9.53 Å². The van der Waals surface area contributed by atoms with Gasteiger partial charge in [0.2, 0.25) is 5.91 Å². The molecule has 1 fully saturated rings. The molecule has 0 spiro atoms. The smallest absolute Gasteiger partial charge is 0.237 e. The quantitative estimate of drug-likeness (QED) is 0.759. The molecule has 3 aromatic rings. The Bertz CT molecular complexity index is 901. The molecule has 7 heteroatoms. The number of hydrogen-bond acceptors (Lipinski definition) is 5. The molecule has 4 rings (SSSR count). The number of amides is 1. The lowest BCUT2D eigenvalue weighted by molar-refractivity contribution is -0.118. The van der Waals surface area contributed by atoms with E-state index in [1.807, 2.05) is 41.1 Å². The van der Waals surface area contributed by atoms with Gasteiger partial charge in [0.25, 0.3) is 0 Å². The minimum Gasteiger partial charge on any atom is -0.490 e. The maximum atomic E-state index is 11.2. The minimum atomic E-state index is -0.356. The number of nitrogens with zero attached hydrogens (tertiary/aromatic N) is 4. The SMILES string of the molecule is NC(=O)Cn1ccc2c(OC3CCN(c4ccncn4)CC3)cccc21. The lowest BCUT2D eigenvalue weighted by Crippen LogP contribution is -2.38. The van der Waals surface area contributed by atoms with Gasteiger partial charge in [-0.05, 0) is 24.3 Å². The summed E-state index contributed by atoms with van der Waals surface area (Å²) in [6.07, 6.45) is 7.25. The summed E-state index contributed by atoms with van der Waals surface area (Å²) in [5.41, 5.74) is 6.28. The van der Waals surface area contributed by atoms with Crippen LogP contribution < -0.4 is 15.4 Å². The summed E-state index contributed by atoms with van der Waals surface area (Å²) in [6, 6.07) is 9.81. The number of piperidine rings is 1. The number of ether oxygens (including phenoxy) is 1. The molecular formula is C19H21N5O2. The first-order valence-corrected chi connectivity index (χ1v) is 8.74. The lowest BCUT2D eigenvalue weighted by atomic mass is 10.1. The van der Waals surface area contributed by atoms with Gasteiger partial charge in [0, 0.05) is 43.7 Å². The average molecular weight is 351 g/mol. The van der Waals surface area contributed by atoms with Crippen LogP contribution >= 0.6 is 0 Å². The van der Waals surface area contributed by atoms with Crippen molar-refractivity contribution in [3.05, 3.63) is 49.1 Å². The third kappa shape index (κ3) is 3.33. The highest BCUT2D eigenvalue weighted by Crippen LogP contribution is 2.29. The van der Waals surface area contributed by atoms with Crippen LogP contribution in [0.1, 0.15) is 12.8 Å². The molecule has 1 aliphatic rings. The van der Waals surface area contributed by atoms with Crippen molar-refractivity contribution in [2.24, 2.45) is 5.73 Å². The van der Waals surface area contributed by atoms with Crippen molar-refractivity contribution in [3.63, 3.8) is 0 Å². The van der Waals surface area contributed by atoms with Gasteiger partial charge < -0.3 is 19.9 Å². The Morgan fingerprint density at radius 2 is 2.08 bits per heavy atom. The normalized spacial score (nSPS) is 15.3. The molecule has 0 aliphatic carbocycles. The number of rotatable bonds is 5. The maximum Gasteiger partial charge on any atom is 0.237 e. The Morgan fingerprint density at radius 3 is 2.81 bits per heavy atom. The van der Waals surface area contributed by atoms with Gasteiger partial charge in [0.1, 0.15) is 30.5 Å². The van der Waals surface area contributed by atoms with E-state index in [9.17, 15) is 4.79 Å². The molecule has 1 aliphatic heterocycles. The highest BCUT2D eigenvalue weighted by Gasteiger charge is 2.22. The summed E-state index contributed by atoms with van der Waals surface area (Å²) in [6.45, 7) is 1.98. The van der Waals surface area contributed by atoms with Gasteiger partial charge in [-0.25, -0.2) is 9.97 Å². The van der Waals surface area contributed by atoms with E-state index in [0.29, 0.717) is 0 Å². The van der Waals surface area contributed by atoms with E-state index in [1.165, 1.54) is 0 Å². The topological polar surface area (TPSA) is 86.3 Å². The molecule has 1 amide bonds. The fourth-order valence-electron chi connectivity index (χ4n) is 3.46. The molecule has 2 aromatic heterocycles. The zero-order chi connectivity index (χ0) is 17.9. The maximum absolute atomic E-state index is 11.2. The van der Waals surface area contributed by atoms with Crippen molar-refractivity contribution in [2.75, 3.05) is 18.0 Å². The average Bonchev–Trinajstić information content (AvgIpc) is 3.06.